The Hall–Kier alpha value is -1.31. The minimum atomic E-state index is -0.00796. The zero-order chi connectivity index (χ0) is 9.80. The van der Waals surface area contributed by atoms with Gasteiger partial charge in [0.2, 0.25) is 0 Å². The molecule has 1 aliphatic rings. The zero-order valence-corrected chi connectivity index (χ0v) is 7.51. The molecule has 0 unspecified atom stereocenters. The molecular formula is C12H9O2. The van der Waals surface area contributed by atoms with Crippen LogP contribution in [0.25, 0.3) is 6.08 Å². The molecule has 0 atom stereocenters. The van der Waals surface area contributed by atoms with Crippen molar-refractivity contribution in [3.63, 3.8) is 0 Å². The molecule has 1 aromatic heterocycles. The van der Waals surface area contributed by atoms with Crippen molar-refractivity contribution in [2.75, 3.05) is 0 Å². The average molecular weight is 185 g/mol. The molecule has 5 radical (unpaired) electrons. The summed E-state index contributed by atoms with van der Waals surface area (Å²) in [6.45, 7) is 0. The third-order valence-corrected chi connectivity index (χ3v) is 1.89. The van der Waals surface area contributed by atoms with Crippen LogP contribution in [0, 0.1) is 31.6 Å². The predicted octanol–water partition coefficient (Wildman–Crippen LogP) is 2.27. The average Bonchev–Trinajstić information content (AvgIpc) is 2.87. The van der Waals surface area contributed by atoms with Gasteiger partial charge in [0.25, 0.3) is 0 Å². The highest BCUT2D eigenvalue weighted by molar-refractivity contribution is 6.07. The molecule has 1 aliphatic carbocycles. The van der Waals surface area contributed by atoms with Crippen LogP contribution in [0.3, 0.4) is 0 Å². The van der Waals surface area contributed by atoms with Gasteiger partial charge in [0.1, 0.15) is 5.76 Å². The number of ketones is 1. The zero-order valence-electron chi connectivity index (χ0n) is 7.51. The molecule has 2 heteroatoms. The standard InChI is InChI=1S/C12H9O2/c13-12(10-4-1-2-5-10)8-7-11-6-3-9-14-11/h1-9H/b8-7+. The third-order valence-electron chi connectivity index (χ3n) is 1.89. The van der Waals surface area contributed by atoms with Gasteiger partial charge in [-0.1, -0.05) is 0 Å². The minimum absolute atomic E-state index is 0.00796. The predicted molar refractivity (Wildman–Crippen MR) is 53.2 cm³/mol. The molecule has 1 heterocycles. The van der Waals surface area contributed by atoms with E-state index in [9.17, 15) is 4.79 Å². The van der Waals surface area contributed by atoms with Crippen LogP contribution in [0.5, 0.6) is 0 Å². The molecule has 2 rings (SSSR count). The number of allylic oxidation sites excluding steroid dienone is 1. The second kappa shape index (κ2) is 4.27. The summed E-state index contributed by atoms with van der Waals surface area (Å²) in [6.07, 6.45) is 12.0. The highest BCUT2D eigenvalue weighted by Crippen LogP contribution is 2.24. The Morgan fingerprint density at radius 2 is 2.07 bits per heavy atom. The van der Waals surface area contributed by atoms with Gasteiger partial charge >= 0.3 is 0 Å². The Balaban J connectivity index is 1.93. The lowest BCUT2D eigenvalue weighted by molar-refractivity contribution is -0.112. The third kappa shape index (κ3) is 2.13. The van der Waals surface area contributed by atoms with Crippen molar-refractivity contribution in [2.45, 2.75) is 0 Å². The van der Waals surface area contributed by atoms with Crippen molar-refractivity contribution in [1.82, 2.24) is 0 Å². The normalized spacial score (nSPS) is 18.0. The van der Waals surface area contributed by atoms with Crippen molar-refractivity contribution in [1.29, 1.82) is 0 Å². The van der Waals surface area contributed by atoms with Crippen LogP contribution in [0.15, 0.2) is 28.9 Å². The molecule has 0 spiro atoms. The maximum atomic E-state index is 11.5. The first-order valence-corrected chi connectivity index (χ1v) is 4.34. The van der Waals surface area contributed by atoms with Crippen molar-refractivity contribution in [3.05, 3.63) is 61.8 Å². The minimum Gasteiger partial charge on any atom is -0.465 e. The molecule has 1 fully saturated rings. The second-order valence-electron chi connectivity index (χ2n) is 2.89. The maximum absolute atomic E-state index is 11.5. The first kappa shape index (κ1) is 9.25. The molecule has 1 saturated carbocycles. The van der Waals surface area contributed by atoms with Crippen LogP contribution in [0.2, 0.25) is 0 Å². The molecule has 0 bridgehead atoms. The van der Waals surface area contributed by atoms with Gasteiger partial charge in [-0.2, -0.15) is 0 Å². The fraction of sp³-hybridized carbons (Fsp3) is 0. The smallest absolute Gasteiger partial charge is 0.163 e. The van der Waals surface area contributed by atoms with Crippen molar-refractivity contribution in [2.24, 2.45) is 0 Å². The van der Waals surface area contributed by atoms with Crippen molar-refractivity contribution < 1.29 is 9.21 Å². The van der Waals surface area contributed by atoms with E-state index in [1.807, 2.05) is 12.8 Å². The number of hydrogen-bond acceptors (Lipinski definition) is 2. The number of hydrogen-bond donors (Lipinski definition) is 0. The molecular weight excluding hydrogens is 176 g/mol. The summed E-state index contributed by atoms with van der Waals surface area (Å²) >= 11 is 0. The van der Waals surface area contributed by atoms with E-state index >= 15 is 0 Å². The highest BCUT2D eigenvalue weighted by Gasteiger charge is 2.22. The maximum Gasteiger partial charge on any atom is 0.163 e. The summed E-state index contributed by atoms with van der Waals surface area (Å²) in [5.41, 5.74) is 0. The first-order valence-electron chi connectivity index (χ1n) is 4.34. The summed E-state index contributed by atoms with van der Waals surface area (Å²) in [5.74, 6) is 1.38. The molecule has 0 amide bonds. The number of carbonyl (C=O) groups is 1. The van der Waals surface area contributed by atoms with Crippen LogP contribution < -0.4 is 0 Å². The Kier molecular flexibility index (Phi) is 2.82. The fourth-order valence-electron chi connectivity index (χ4n) is 1.18. The van der Waals surface area contributed by atoms with Gasteiger partial charge in [-0.25, -0.2) is 0 Å². The lowest BCUT2D eigenvalue weighted by Crippen LogP contribution is -2.05. The summed E-state index contributed by atoms with van der Waals surface area (Å²) < 4.78 is 5.06. The first-order chi connectivity index (χ1) is 6.86. The number of furan rings is 1. The van der Waals surface area contributed by atoms with Crippen LogP contribution >= 0.6 is 0 Å². The molecule has 0 aliphatic heterocycles. The summed E-state index contributed by atoms with van der Waals surface area (Å²) in [6, 6.07) is 3.58. The lowest BCUT2D eigenvalue weighted by Gasteiger charge is -1.99. The molecule has 2 nitrogen and oxygen atoms in total. The van der Waals surface area contributed by atoms with Crippen LogP contribution in [-0.4, -0.2) is 5.78 Å². The topological polar surface area (TPSA) is 30.2 Å². The highest BCUT2D eigenvalue weighted by atomic mass is 16.3. The van der Waals surface area contributed by atoms with Crippen LogP contribution in [-0.2, 0) is 4.79 Å². The van der Waals surface area contributed by atoms with Gasteiger partial charge in [0, 0.05) is 0 Å². The van der Waals surface area contributed by atoms with Crippen molar-refractivity contribution >= 4 is 11.9 Å². The van der Waals surface area contributed by atoms with Crippen LogP contribution in [0.4, 0.5) is 0 Å². The van der Waals surface area contributed by atoms with Gasteiger partial charge in [0.15, 0.2) is 5.78 Å². The van der Waals surface area contributed by atoms with E-state index in [0.29, 0.717) is 11.7 Å². The molecule has 69 valence electrons. The van der Waals surface area contributed by atoms with E-state index in [1.165, 1.54) is 6.08 Å². The van der Waals surface area contributed by atoms with Gasteiger partial charge in [0.05, 0.1) is 12.2 Å². The van der Waals surface area contributed by atoms with Crippen molar-refractivity contribution in [3.8, 4) is 0 Å². The fourth-order valence-corrected chi connectivity index (χ4v) is 1.18. The van der Waals surface area contributed by atoms with Gasteiger partial charge < -0.3 is 4.42 Å². The van der Waals surface area contributed by atoms with Gasteiger partial charge in [-0.3, -0.25) is 4.79 Å². The van der Waals surface area contributed by atoms with Gasteiger partial charge in [-0.15, -0.1) is 0 Å². The molecule has 0 N–H and O–H groups in total. The van der Waals surface area contributed by atoms with E-state index in [4.69, 9.17) is 4.42 Å². The molecule has 0 saturated heterocycles. The number of rotatable bonds is 3. The Morgan fingerprint density at radius 3 is 2.71 bits per heavy atom. The Bertz CT molecular complexity index is 316. The Labute approximate surface area is 83.6 Å². The largest absolute Gasteiger partial charge is 0.465 e. The van der Waals surface area contributed by atoms with E-state index in [1.54, 1.807) is 37.3 Å². The summed E-state index contributed by atoms with van der Waals surface area (Å²) in [4.78, 5) is 11.5. The SMILES string of the molecule is O=C(/C=C/c1ccco1)[C]1[CH][CH][CH][CH]1. The number of carbonyl (C=O) groups excluding carboxylic acids is 1. The van der Waals surface area contributed by atoms with E-state index in [2.05, 4.69) is 0 Å². The Morgan fingerprint density at radius 1 is 1.29 bits per heavy atom. The lowest BCUT2D eigenvalue weighted by atomic mass is 10.0. The van der Waals surface area contributed by atoms with Crippen LogP contribution in [0.1, 0.15) is 5.76 Å². The summed E-state index contributed by atoms with van der Waals surface area (Å²) in [7, 11) is 0. The quantitative estimate of drug-likeness (QED) is 0.676. The summed E-state index contributed by atoms with van der Waals surface area (Å²) in [5, 5.41) is 0. The van der Waals surface area contributed by atoms with E-state index < -0.39 is 0 Å². The monoisotopic (exact) mass is 185 g/mol. The van der Waals surface area contributed by atoms with Gasteiger partial charge in [-0.05, 0) is 50.0 Å². The second-order valence-corrected chi connectivity index (χ2v) is 2.89. The van der Waals surface area contributed by atoms with E-state index in [0.717, 1.165) is 0 Å². The molecule has 1 aromatic rings. The molecule has 0 aromatic carbocycles. The molecule has 14 heavy (non-hydrogen) atoms. The van der Waals surface area contributed by atoms with E-state index in [-0.39, 0.29) is 5.78 Å².